The molecule has 0 fully saturated rings. The van der Waals surface area contributed by atoms with Crippen LogP contribution in [-0.2, 0) is 0 Å². The molecular formula is C7H12N2S2. The number of nitrogens with two attached hydrogens (primary N) is 1. The standard InChI is InChI=1S/C7H12N2S2/c1-4(2)10-6-5(3)9-7(8)11-6/h4H,1-3H3,(H2,8,9). The Bertz CT molecular complexity index is 243. The molecule has 0 amide bonds. The van der Waals surface area contributed by atoms with E-state index >= 15 is 0 Å². The molecule has 11 heavy (non-hydrogen) atoms. The lowest BCUT2D eigenvalue weighted by Crippen LogP contribution is -1.85. The Kier molecular flexibility index (Phi) is 2.78. The minimum atomic E-state index is 0.605. The maximum Gasteiger partial charge on any atom is 0.181 e. The normalized spacial score (nSPS) is 10.9. The van der Waals surface area contributed by atoms with E-state index in [1.165, 1.54) is 4.21 Å². The molecule has 62 valence electrons. The Labute approximate surface area is 75.2 Å². The van der Waals surface area contributed by atoms with Gasteiger partial charge in [-0.25, -0.2) is 4.98 Å². The van der Waals surface area contributed by atoms with E-state index in [0.29, 0.717) is 10.4 Å². The van der Waals surface area contributed by atoms with Crippen molar-refractivity contribution < 1.29 is 0 Å². The van der Waals surface area contributed by atoms with Gasteiger partial charge in [0.1, 0.15) is 0 Å². The minimum absolute atomic E-state index is 0.605. The molecule has 0 saturated heterocycles. The summed E-state index contributed by atoms with van der Waals surface area (Å²) in [5.74, 6) is 0. The van der Waals surface area contributed by atoms with Crippen LogP contribution in [0.15, 0.2) is 4.21 Å². The van der Waals surface area contributed by atoms with Gasteiger partial charge in [-0.2, -0.15) is 0 Å². The summed E-state index contributed by atoms with van der Waals surface area (Å²) >= 11 is 3.39. The molecule has 1 aromatic rings. The van der Waals surface area contributed by atoms with Crippen molar-refractivity contribution in [3.63, 3.8) is 0 Å². The van der Waals surface area contributed by atoms with Crippen LogP contribution < -0.4 is 5.73 Å². The molecular weight excluding hydrogens is 176 g/mol. The van der Waals surface area contributed by atoms with Crippen molar-refractivity contribution in [3.8, 4) is 0 Å². The first-order valence-corrected chi connectivity index (χ1v) is 5.18. The highest BCUT2D eigenvalue weighted by atomic mass is 32.2. The minimum Gasteiger partial charge on any atom is -0.375 e. The third-order valence-electron chi connectivity index (χ3n) is 1.11. The number of anilines is 1. The molecule has 1 rings (SSSR count). The molecule has 0 unspecified atom stereocenters. The maximum absolute atomic E-state index is 5.55. The third kappa shape index (κ3) is 2.38. The average molecular weight is 188 g/mol. The average Bonchev–Trinajstić information content (AvgIpc) is 2.09. The Morgan fingerprint density at radius 1 is 1.55 bits per heavy atom. The SMILES string of the molecule is Cc1nc(N)sc1SC(C)C. The number of hydrogen-bond donors (Lipinski definition) is 1. The van der Waals surface area contributed by atoms with E-state index in [0.717, 1.165) is 5.69 Å². The molecule has 0 aliphatic rings. The van der Waals surface area contributed by atoms with Crippen LogP contribution in [0.25, 0.3) is 0 Å². The quantitative estimate of drug-likeness (QED) is 0.725. The lowest BCUT2D eigenvalue weighted by atomic mass is 10.6. The second kappa shape index (κ2) is 3.45. The number of thiazole rings is 1. The summed E-state index contributed by atoms with van der Waals surface area (Å²) in [5.41, 5.74) is 6.61. The lowest BCUT2D eigenvalue weighted by molar-refractivity contribution is 1.11. The van der Waals surface area contributed by atoms with E-state index in [-0.39, 0.29) is 0 Å². The zero-order chi connectivity index (χ0) is 8.43. The molecule has 2 N–H and O–H groups in total. The maximum atomic E-state index is 5.55. The smallest absolute Gasteiger partial charge is 0.181 e. The Balaban J connectivity index is 2.77. The summed E-state index contributed by atoms with van der Waals surface area (Å²) in [6.45, 7) is 6.33. The summed E-state index contributed by atoms with van der Waals surface area (Å²) in [4.78, 5) is 4.14. The number of thioether (sulfide) groups is 1. The van der Waals surface area contributed by atoms with Crippen LogP contribution in [0.3, 0.4) is 0 Å². The van der Waals surface area contributed by atoms with Crippen molar-refractivity contribution in [1.82, 2.24) is 4.98 Å². The van der Waals surface area contributed by atoms with E-state index in [1.807, 2.05) is 18.7 Å². The highest BCUT2D eigenvalue weighted by Crippen LogP contribution is 2.32. The lowest BCUT2D eigenvalue weighted by Gasteiger charge is -2.00. The molecule has 4 heteroatoms. The summed E-state index contributed by atoms with van der Waals surface area (Å²) in [6.07, 6.45) is 0. The Morgan fingerprint density at radius 3 is 2.55 bits per heavy atom. The zero-order valence-corrected chi connectivity index (χ0v) is 8.55. The second-order valence-corrected chi connectivity index (χ2v) is 5.47. The zero-order valence-electron chi connectivity index (χ0n) is 6.92. The summed E-state index contributed by atoms with van der Waals surface area (Å²) < 4.78 is 1.25. The fraction of sp³-hybridized carbons (Fsp3) is 0.571. The molecule has 0 saturated carbocycles. The van der Waals surface area contributed by atoms with E-state index < -0.39 is 0 Å². The van der Waals surface area contributed by atoms with Crippen molar-refractivity contribution >= 4 is 28.2 Å². The van der Waals surface area contributed by atoms with Gasteiger partial charge in [0.2, 0.25) is 0 Å². The highest BCUT2D eigenvalue weighted by molar-refractivity contribution is 8.01. The van der Waals surface area contributed by atoms with Gasteiger partial charge < -0.3 is 5.73 Å². The number of nitrogens with zero attached hydrogens (tertiary/aromatic N) is 1. The molecule has 0 aromatic carbocycles. The number of nitrogen functional groups attached to an aromatic ring is 1. The molecule has 0 spiro atoms. The van der Waals surface area contributed by atoms with Gasteiger partial charge in [-0.1, -0.05) is 25.2 Å². The largest absolute Gasteiger partial charge is 0.375 e. The van der Waals surface area contributed by atoms with Gasteiger partial charge in [0.15, 0.2) is 5.13 Å². The fourth-order valence-corrected chi connectivity index (χ4v) is 2.96. The van der Waals surface area contributed by atoms with Crippen molar-refractivity contribution in [1.29, 1.82) is 0 Å². The van der Waals surface area contributed by atoms with Gasteiger partial charge >= 0.3 is 0 Å². The van der Waals surface area contributed by atoms with Crippen molar-refractivity contribution in [2.45, 2.75) is 30.2 Å². The number of aromatic nitrogens is 1. The van der Waals surface area contributed by atoms with Crippen LogP contribution in [-0.4, -0.2) is 10.2 Å². The molecule has 0 atom stereocenters. The highest BCUT2D eigenvalue weighted by Gasteiger charge is 2.06. The number of rotatable bonds is 2. The first-order chi connectivity index (χ1) is 5.09. The molecule has 2 nitrogen and oxygen atoms in total. The topological polar surface area (TPSA) is 38.9 Å². The fourth-order valence-electron chi connectivity index (χ4n) is 0.726. The van der Waals surface area contributed by atoms with Crippen molar-refractivity contribution in [2.24, 2.45) is 0 Å². The van der Waals surface area contributed by atoms with Gasteiger partial charge in [0.25, 0.3) is 0 Å². The molecule has 0 aliphatic heterocycles. The Hall–Kier alpha value is -0.220. The van der Waals surface area contributed by atoms with Gasteiger partial charge in [-0.3, -0.25) is 0 Å². The predicted octanol–water partition coefficient (Wildman–Crippen LogP) is 2.53. The van der Waals surface area contributed by atoms with Gasteiger partial charge in [-0.05, 0) is 6.92 Å². The third-order valence-corrected chi connectivity index (χ3v) is 3.41. The van der Waals surface area contributed by atoms with E-state index in [2.05, 4.69) is 18.8 Å². The van der Waals surface area contributed by atoms with Crippen molar-refractivity contribution in [3.05, 3.63) is 5.69 Å². The number of hydrogen-bond acceptors (Lipinski definition) is 4. The van der Waals surface area contributed by atoms with Crippen LogP contribution in [0.1, 0.15) is 19.5 Å². The van der Waals surface area contributed by atoms with E-state index in [9.17, 15) is 0 Å². The van der Waals surface area contributed by atoms with Crippen LogP contribution in [0.5, 0.6) is 0 Å². The molecule has 1 heterocycles. The number of aryl methyl sites for hydroxylation is 1. The van der Waals surface area contributed by atoms with Crippen LogP contribution in [0.4, 0.5) is 5.13 Å². The second-order valence-electron chi connectivity index (χ2n) is 2.59. The summed E-state index contributed by atoms with van der Waals surface area (Å²) in [7, 11) is 0. The first kappa shape index (κ1) is 8.87. The van der Waals surface area contributed by atoms with Crippen LogP contribution in [0.2, 0.25) is 0 Å². The van der Waals surface area contributed by atoms with Crippen LogP contribution in [0, 0.1) is 6.92 Å². The molecule has 0 aliphatic carbocycles. The predicted molar refractivity (Wildman–Crippen MR) is 52.3 cm³/mol. The molecule has 1 aromatic heterocycles. The first-order valence-electron chi connectivity index (χ1n) is 3.49. The monoisotopic (exact) mass is 188 g/mol. The molecule has 0 radical (unpaired) electrons. The van der Waals surface area contributed by atoms with Crippen molar-refractivity contribution in [2.75, 3.05) is 5.73 Å². The van der Waals surface area contributed by atoms with E-state index in [1.54, 1.807) is 11.3 Å². The Morgan fingerprint density at radius 2 is 2.18 bits per heavy atom. The van der Waals surface area contributed by atoms with Gasteiger partial charge in [0, 0.05) is 5.25 Å². The summed E-state index contributed by atoms with van der Waals surface area (Å²) in [6, 6.07) is 0. The summed E-state index contributed by atoms with van der Waals surface area (Å²) in [5, 5.41) is 1.28. The van der Waals surface area contributed by atoms with Gasteiger partial charge in [0.05, 0.1) is 9.90 Å². The molecule has 0 bridgehead atoms. The van der Waals surface area contributed by atoms with E-state index in [4.69, 9.17) is 5.73 Å². The van der Waals surface area contributed by atoms with Gasteiger partial charge in [-0.15, -0.1) is 11.8 Å². The van der Waals surface area contributed by atoms with Crippen LogP contribution >= 0.6 is 23.1 Å².